The molecule has 0 heteroatoms. The molecule has 0 aromatic rings. The second kappa shape index (κ2) is 2.75. The molecule has 2 rings (SSSR count). The molecule has 0 spiro atoms. The van der Waals surface area contributed by atoms with Crippen molar-refractivity contribution in [3.05, 3.63) is 0 Å². The molecule has 12 heavy (non-hydrogen) atoms. The molecule has 2 aliphatic carbocycles. The lowest BCUT2D eigenvalue weighted by Crippen LogP contribution is -2.30. The lowest BCUT2D eigenvalue weighted by molar-refractivity contribution is 0.0947. The van der Waals surface area contributed by atoms with Crippen molar-refractivity contribution in [2.45, 2.75) is 65.2 Å². The predicted molar refractivity (Wildman–Crippen MR) is 53.2 cm³/mol. The summed E-state index contributed by atoms with van der Waals surface area (Å²) in [5, 5.41) is 0. The molecule has 0 N–H and O–H groups in total. The molecular formula is C12H22. The van der Waals surface area contributed by atoms with Crippen molar-refractivity contribution in [1.82, 2.24) is 0 Å². The summed E-state index contributed by atoms with van der Waals surface area (Å²) in [7, 11) is 0. The van der Waals surface area contributed by atoms with Crippen LogP contribution in [0.5, 0.6) is 0 Å². The van der Waals surface area contributed by atoms with E-state index in [1.54, 1.807) is 0 Å². The first-order valence-corrected chi connectivity index (χ1v) is 5.72. The maximum Gasteiger partial charge on any atom is -0.0246 e. The molecule has 0 aliphatic heterocycles. The Morgan fingerprint density at radius 2 is 1.50 bits per heavy atom. The monoisotopic (exact) mass is 166 g/mol. The maximum absolute atomic E-state index is 2.56. The van der Waals surface area contributed by atoms with E-state index in [1.807, 2.05) is 0 Å². The van der Waals surface area contributed by atoms with Gasteiger partial charge < -0.3 is 0 Å². The van der Waals surface area contributed by atoms with Gasteiger partial charge in [0.25, 0.3) is 0 Å². The van der Waals surface area contributed by atoms with Gasteiger partial charge >= 0.3 is 0 Å². The third-order valence-electron chi connectivity index (χ3n) is 4.77. The first-order valence-electron chi connectivity index (χ1n) is 5.72. The molecular weight excluding hydrogens is 144 g/mol. The Bertz CT molecular complexity index is 159. The van der Waals surface area contributed by atoms with Crippen LogP contribution in [0.4, 0.5) is 0 Å². The van der Waals surface area contributed by atoms with Crippen LogP contribution >= 0.6 is 0 Å². The van der Waals surface area contributed by atoms with Crippen molar-refractivity contribution in [2.24, 2.45) is 10.8 Å². The second-order valence-electron chi connectivity index (χ2n) is 5.26. The van der Waals surface area contributed by atoms with Crippen molar-refractivity contribution in [3.8, 4) is 0 Å². The van der Waals surface area contributed by atoms with E-state index < -0.39 is 0 Å². The van der Waals surface area contributed by atoms with E-state index in [9.17, 15) is 0 Å². The lowest BCUT2D eigenvalue weighted by Gasteiger charge is -2.41. The smallest absolute Gasteiger partial charge is 0.0246 e. The van der Waals surface area contributed by atoms with Gasteiger partial charge in [0.05, 0.1) is 0 Å². The Hall–Kier alpha value is 0. The highest BCUT2D eigenvalue weighted by atomic mass is 14.6. The topological polar surface area (TPSA) is 0 Å². The molecule has 2 fully saturated rings. The molecule has 70 valence electrons. The molecule has 0 unspecified atom stereocenters. The highest BCUT2D eigenvalue weighted by molar-refractivity contribution is 5.05. The van der Waals surface area contributed by atoms with Crippen LogP contribution in [0.25, 0.3) is 0 Å². The van der Waals surface area contributed by atoms with Gasteiger partial charge in [-0.05, 0) is 42.9 Å². The van der Waals surface area contributed by atoms with Gasteiger partial charge in [0.2, 0.25) is 0 Å². The molecule has 0 aromatic carbocycles. The van der Waals surface area contributed by atoms with E-state index >= 15 is 0 Å². The molecule has 0 aromatic heterocycles. The summed E-state index contributed by atoms with van der Waals surface area (Å²) >= 11 is 0. The summed E-state index contributed by atoms with van der Waals surface area (Å²) in [4.78, 5) is 0. The van der Waals surface area contributed by atoms with Crippen molar-refractivity contribution in [1.29, 1.82) is 0 Å². The second-order valence-corrected chi connectivity index (χ2v) is 5.26. The van der Waals surface area contributed by atoms with Crippen LogP contribution in [-0.2, 0) is 0 Å². The van der Waals surface area contributed by atoms with Gasteiger partial charge in [0.15, 0.2) is 0 Å². The highest BCUT2D eigenvalue weighted by Gasteiger charge is 2.54. The van der Waals surface area contributed by atoms with Gasteiger partial charge in [0, 0.05) is 0 Å². The Morgan fingerprint density at radius 1 is 0.917 bits per heavy atom. The first kappa shape index (κ1) is 8.59. The van der Waals surface area contributed by atoms with Crippen LogP contribution < -0.4 is 0 Å². The zero-order valence-electron chi connectivity index (χ0n) is 8.66. The molecule has 0 heterocycles. The lowest BCUT2D eigenvalue weighted by atomic mass is 9.64. The largest absolute Gasteiger partial charge is 0.0648 e. The minimum absolute atomic E-state index is 0.736. The van der Waals surface area contributed by atoms with Gasteiger partial charge in [-0.2, -0.15) is 0 Å². The summed E-state index contributed by atoms with van der Waals surface area (Å²) in [6.45, 7) is 4.95. The summed E-state index contributed by atoms with van der Waals surface area (Å²) < 4.78 is 0. The molecule has 0 bridgehead atoms. The molecule has 0 atom stereocenters. The van der Waals surface area contributed by atoms with Crippen LogP contribution in [0, 0.1) is 10.8 Å². The van der Waals surface area contributed by atoms with E-state index in [0.717, 1.165) is 10.8 Å². The summed E-state index contributed by atoms with van der Waals surface area (Å²) in [6, 6.07) is 0. The Balaban J connectivity index is 2.08. The Morgan fingerprint density at radius 3 is 1.92 bits per heavy atom. The molecule has 0 nitrogen and oxygen atoms in total. The van der Waals surface area contributed by atoms with Crippen LogP contribution in [0.15, 0.2) is 0 Å². The molecule has 0 radical (unpaired) electrons. The zero-order chi connectivity index (χ0) is 8.66. The normalized spacial score (nSPS) is 31.5. The third kappa shape index (κ3) is 1.11. The van der Waals surface area contributed by atoms with E-state index in [2.05, 4.69) is 13.8 Å². The third-order valence-corrected chi connectivity index (χ3v) is 4.77. The maximum atomic E-state index is 2.56. The Labute approximate surface area is 76.7 Å². The van der Waals surface area contributed by atoms with E-state index in [0.29, 0.717) is 0 Å². The van der Waals surface area contributed by atoms with Gasteiger partial charge in [-0.3, -0.25) is 0 Å². The summed E-state index contributed by atoms with van der Waals surface area (Å²) in [5.41, 5.74) is 1.54. The molecule has 2 aliphatic rings. The SMILES string of the molecule is CCC1(C2(C)CCCCC2)CC1. The van der Waals surface area contributed by atoms with Crippen molar-refractivity contribution in [2.75, 3.05) is 0 Å². The van der Waals surface area contributed by atoms with Crippen LogP contribution in [-0.4, -0.2) is 0 Å². The van der Waals surface area contributed by atoms with Crippen LogP contribution in [0.1, 0.15) is 65.2 Å². The highest BCUT2D eigenvalue weighted by Crippen LogP contribution is 2.65. The predicted octanol–water partition coefficient (Wildman–Crippen LogP) is 4.15. The summed E-state index contributed by atoms with van der Waals surface area (Å²) in [6.07, 6.45) is 12.0. The van der Waals surface area contributed by atoms with Gasteiger partial charge in [-0.1, -0.05) is 33.1 Å². The van der Waals surface area contributed by atoms with Crippen molar-refractivity contribution >= 4 is 0 Å². The fourth-order valence-electron chi connectivity index (χ4n) is 3.40. The number of rotatable bonds is 2. The quantitative estimate of drug-likeness (QED) is 0.578. The summed E-state index contributed by atoms with van der Waals surface area (Å²) in [5.74, 6) is 0. The molecule has 0 amide bonds. The van der Waals surface area contributed by atoms with Crippen LogP contribution in [0.3, 0.4) is 0 Å². The minimum Gasteiger partial charge on any atom is -0.0648 e. The van der Waals surface area contributed by atoms with Crippen molar-refractivity contribution in [3.63, 3.8) is 0 Å². The van der Waals surface area contributed by atoms with E-state index in [-0.39, 0.29) is 0 Å². The number of hydrogen-bond acceptors (Lipinski definition) is 0. The first-order chi connectivity index (χ1) is 5.72. The molecule has 0 saturated heterocycles. The Kier molecular flexibility index (Phi) is 1.97. The van der Waals surface area contributed by atoms with E-state index in [4.69, 9.17) is 0 Å². The fourth-order valence-corrected chi connectivity index (χ4v) is 3.40. The average Bonchev–Trinajstić information content (AvgIpc) is 2.86. The fraction of sp³-hybridized carbons (Fsp3) is 1.00. The minimum atomic E-state index is 0.736. The van der Waals surface area contributed by atoms with E-state index in [1.165, 1.54) is 51.4 Å². The zero-order valence-corrected chi connectivity index (χ0v) is 8.66. The van der Waals surface area contributed by atoms with Gasteiger partial charge in [-0.15, -0.1) is 0 Å². The number of hydrogen-bond donors (Lipinski definition) is 0. The van der Waals surface area contributed by atoms with Crippen molar-refractivity contribution < 1.29 is 0 Å². The van der Waals surface area contributed by atoms with Gasteiger partial charge in [-0.25, -0.2) is 0 Å². The van der Waals surface area contributed by atoms with Crippen LogP contribution in [0.2, 0.25) is 0 Å². The van der Waals surface area contributed by atoms with Gasteiger partial charge in [0.1, 0.15) is 0 Å². The standard InChI is InChI=1S/C12H22/c1-3-12(9-10-12)11(2)7-5-4-6-8-11/h3-10H2,1-2H3. The molecule has 2 saturated carbocycles. The average molecular weight is 166 g/mol.